The fraction of sp³-hybridized carbons (Fsp3) is 0.294. The van der Waals surface area contributed by atoms with Gasteiger partial charge in [-0.15, -0.1) is 0 Å². The fourth-order valence-corrected chi connectivity index (χ4v) is 2.78. The number of carbonyl (C=O) groups excluding carboxylic acids is 1. The summed E-state index contributed by atoms with van der Waals surface area (Å²) < 4.78 is 0. The predicted octanol–water partition coefficient (Wildman–Crippen LogP) is 2.10. The average molecular weight is 281 g/mol. The number of pyridine rings is 1. The molecule has 0 saturated heterocycles. The van der Waals surface area contributed by atoms with Crippen LogP contribution >= 0.6 is 0 Å². The molecule has 2 heterocycles. The first-order valence-corrected chi connectivity index (χ1v) is 7.19. The first kappa shape index (κ1) is 13.6. The summed E-state index contributed by atoms with van der Waals surface area (Å²) in [6, 6.07) is 9.84. The number of benzene rings is 1. The van der Waals surface area contributed by atoms with Crippen molar-refractivity contribution in [1.29, 1.82) is 0 Å². The zero-order valence-electron chi connectivity index (χ0n) is 12.2. The monoisotopic (exact) mass is 281 g/mol. The van der Waals surface area contributed by atoms with Gasteiger partial charge in [-0.1, -0.05) is 18.2 Å². The second-order valence-corrected chi connectivity index (χ2v) is 5.49. The predicted molar refractivity (Wildman–Crippen MR) is 82.7 cm³/mol. The van der Waals surface area contributed by atoms with Gasteiger partial charge in [0.15, 0.2) is 0 Å². The van der Waals surface area contributed by atoms with Crippen LogP contribution in [0.4, 0.5) is 5.69 Å². The normalized spacial score (nSPS) is 13.9. The second-order valence-electron chi connectivity index (χ2n) is 5.49. The second kappa shape index (κ2) is 5.56. The van der Waals surface area contributed by atoms with Gasteiger partial charge in [-0.2, -0.15) is 0 Å². The van der Waals surface area contributed by atoms with Gasteiger partial charge in [-0.05, 0) is 42.2 Å². The van der Waals surface area contributed by atoms with Crippen molar-refractivity contribution >= 4 is 11.6 Å². The van der Waals surface area contributed by atoms with Crippen LogP contribution < -0.4 is 5.73 Å². The number of aryl methyl sites for hydroxylation is 1. The molecule has 2 N–H and O–H groups in total. The number of nitrogens with zero attached hydrogens (tertiary/aromatic N) is 2. The van der Waals surface area contributed by atoms with E-state index in [2.05, 4.69) is 11.1 Å². The van der Waals surface area contributed by atoms with Gasteiger partial charge in [0.25, 0.3) is 0 Å². The molecule has 0 bridgehead atoms. The fourth-order valence-electron chi connectivity index (χ4n) is 2.78. The summed E-state index contributed by atoms with van der Waals surface area (Å²) in [7, 11) is 0. The molecule has 0 radical (unpaired) electrons. The molecule has 21 heavy (non-hydrogen) atoms. The maximum atomic E-state index is 12.5. The van der Waals surface area contributed by atoms with Crippen LogP contribution in [0.2, 0.25) is 0 Å². The number of hydrogen-bond donors (Lipinski definition) is 1. The highest BCUT2D eigenvalue weighted by Crippen LogP contribution is 2.24. The SMILES string of the molecule is Cc1cccnc1CC(=O)N1CCc2cccc(N)c2C1. The summed E-state index contributed by atoms with van der Waals surface area (Å²) in [5.74, 6) is 0.116. The van der Waals surface area contributed by atoms with Crippen LogP contribution in [0.15, 0.2) is 36.5 Å². The van der Waals surface area contributed by atoms with Crippen LogP contribution in [0.25, 0.3) is 0 Å². The van der Waals surface area contributed by atoms with Gasteiger partial charge in [0.1, 0.15) is 0 Å². The Bertz CT molecular complexity index is 681. The molecule has 0 unspecified atom stereocenters. The van der Waals surface area contributed by atoms with Crippen LogP contribution in [0.3, 0.4) is 0 Å². The van der Waals surface area contributed by atoms with Crippen LogP contribution in [-0.4, -0.2) is 22.3 Å². The third kappa shape index (κ3) is 2.75. The summed E-state index contributed by atoms with van der Waals surface area (Å²) in [6.45, 7) is 3.34. The quantitative estimate of drug-likeness (QED) is 0.858. The molecule has 2 aromatic rings. The lowest BCUT2D eigenvalue weighted by Crippen LogP contribution is -2.37. The maximum absolute atomic E-state index is 12.5. The zero-order valence-corrected chi connectivity index (χ0v) is 12.2. The van der Waals surface area contributed by atoms with Crippen LogP contribution in [0, 0.1) is 6.92 Å². The molecule has 3 rings (SSSR count). The van der Waals surface area contributed by atoms with Crippen molar-refractivity contribution in [3.8, 4) is 0 Å². The Kier molecular flexibility index (Phi) is 3.60. The molecule has 1 amide bonds. The highest BCUT2D eigenvalue weighted by molar-refractivity contribution is 5.79. The largest absolute Gasteiger partial charge is 0.398 e. The van der Waals surface area contributed by atoms with Gasteiger partial charge in [-0.25, -0.2) is 0 Å². The number of anilines is 1. The van der Waals surface area contributed by atoms with E-state index in [9.17, 15) is 4.79 Å². The number of aromatic nitrogens is 1. The van der Waals surface area contributed by atoms with Crippen LogP contribution in [0.1, 0.15) is 22.4 Å². The smallest absolute Gasteiger partial charge is 0.228 e. The molecular weight excluding hydrogens is 262 g/mol. The number of amides is 1. The van der Waals surface area contributed by atoms with Crippen molar-refractivity contribution in [2.24, 2.45) is 0 Å². The summed E-state index contributed by atoms with van der Waals surface area (Å²) in [5, 5.41) is 0. The summed E-state index contributed by atoms with van der Waals surface area (Å²) in [4.78, 5) is 18.7. The summed E-state index contributed by atoms with van der Waals surface area (Å²) >= 11 is 0. The van der Waals surface area contributed by atoms with E-state index in [1.807, 2.05) is 36.1 Å². The standard InChI is InChI=1S/C17H19N3O/c1-12-4-3-8-19-16(12)10-17(21)20-9-7-13-5-2-6-15(18)14(13)11-20/h2-6,8H,7,9-11,18H2,1H3. The lowest BCUT2D eigenvalue weighted by molar-refractivity contribution is -0.131. The van der Waals surface area contributed by atoms with Crippen molar-refractivity contribution in [2.75, 3.05) is 12.3 Å². The molecular formula is C17H19N3O. The average Bonchev–Trinajstić information content (AvgIpc) is 2.50. The highest BCUT2D eigenvalue weighted by atomic mass is 16.2. The number of nitrogens with two attached hydrogens (primary N) is 1. The van der Waals surface area contributed by atoms with Crippen LogP contribution in [-0.2, 0) is 24.2 Å². The molecule has 0 aliphatic carbocycles. The van der Waals surface area contributed by atoms with Crippen LogP contribution in [0.5, 0.6) is 0 Å². The van der Waals surface area contributed by atoms with Crippen molar-refractivity contribution in [3.63, 3.8) is 0 Å². The third-order valence-electron chi connectivity index (χ3n) is 4.10. The minimum absolute atomic E-state index is 0.116. The zero-order chi connectivity index (χ0) is 14.8. The Morgan fingerprint density at radius 3 is 3.00 bits per heavy atom. The Morgan fingerprint density at radius 1 is 1.33 bits per heavy atom. The van der Waals surface area contributed by atoms with Gasteiger partial charge in [0, 0.05) is 25.0 Å². The van der Waals surface area contributed by atoms with Gasteiger partial charge in [0.2, 0.25) is 5.91 Å². The minimum Gasteiger partial charge on any atom is -0.398 e. The van der Waals surface area contributed by atoms with E-state index in [1.54, 1.807) is 6.20 Å². The van der Waals surface area contributed by atoms with Gasteiger partial charge >= 0.3 is 0 Å². The van der Waals surface area contributed by atoms with Gasteiger partial charge in [0.05, 0.1) is 12.1 Å². The molecule has 0 saturated carbocycles. The topological polar surface area (TPSA) is 59.2 Å². The Balaban J connectivity index is 1.76. The maximum Gasteiger partial charge on any atom is 0.228 e. The van der Waals surface area contributed by atoms with E-state index in [1.165, 1.54) is 5.56 Å². The first-order valence-electron chi connectivity index (χ1n) is 7.19. The van der Waals surface area contributed by atoms with Crippen molar-refractivity contribution in [3.05, 3.63) is 58.9 Å². The van der Waals surface area contributed by atoms with E-state index < -0.39 is 0 Å². The number of fused-ring (bicyclic) bond motifs is 1. The van der Waals surface area contributed by atoms with Crippen molar-refractivity contribution in [1.82, 2.24) is 9.88 Å². The number of carbonyl (C=O) groups is 1. The Morgan fingerprint density at radius 2 is 2.19 bits per heavy atom. The molecule has 1 aromatic heterocycles. The number of hydrogen-bond acceptors (Lipinski definition) is 3. The van der Waals surface area contributed by atoms with E-state index in [0.717, 1.165) is 35.5 Å². The van der Waals surface area contributed by atoms with Crippen molar-refractivity contribution < 1.29 is 4.79 Å². The molecule has 1 aromatic carbocycles. The van der Waals surface area contributed by atoms with Gasteiger partial charge < -0.3 is 10.6 Å². The summed E-state index contributed by atoms with van der Waals surface area (Å²) in [5.41, 5.74) is 11.1. The minimum atomic E-state index is 0.116. The van der Waals surface area contributed by atoms with E-state index in [4.69, 9.17) is 5.73 Å². The molecule has 4 heteroatoms. The van der Waals surface area contributed by atoms with Gasteiger partial charge in [-0.3, -0.25) is 9.78 Å². The third-order valence-corrected chi connectivity index (χ3v) is 4.10. The molecule has 1 aliphatic rings. The molecule has 4 nitrogen and oxygen atoms in total. The molecule has 108 valence electrons. The Hall–Kier alpha value is -2.36. The lowest BCUT2D eigenvalue weighted by Gasteiger charge is -2.29. The molecule has 1 aliphatic heterocycles. The first-order chi connectivity index (χ1) is 10.1. The molecule has 0 fully saturated rings. The Labute approximate surface area is 124 Å². The van der Waals surface area contributed by atoms with Crippen molar-refractivity contribution in [2.45, 2.75) is 26.3 Å². The summed E-state index contributed by atoms with van der Waals surface area (Å²) in [6.07, 6.45) is 2.96. The number of rotatable bonds is 2. The van der Waals surface area contributed by atoms with E-state index in [-0.39, 0.29) is 5.91 Å². The molecule has 0 atom stereocenters. The lowest BCUT2D eigenvalue weighted by atomic mass is 9.97. The molecule has 0 spiro atoms. The van der Waals surface area contributed by atoms with E-state index in [0.29, 0.717) is 13.0 Å². The number of nitrogen functional groups attached to an aromatic ring is 1. The highest BCUT2D eigenvalue weighted by Gasteiger charge is 2.22. The van der Waals surface area contributed by atoms with E-state index >= 15 is 0 Å².